The molecule has 9 nitrogen and oxygen atoms in total. The molecule has 210 valence electrons. The van der Waals surface area contributed by atoms with E-state index >= 15 is 0 Å². The maximum atomic E-state index is 14.5. The highest BCUT2D eigenvalue weighted by atomic mass is 16.6. The summed E-state index contributed by atoms with van der Waals surface area (Å²) in [5.74, 6) is -3.20. The van der Waals surface area contributed by atoms with Crippen molar-refractivity contribution in [3.63, 3.8) is 0 Å². The number of carbonyl (C=O) groups is 3. The Labute approximate surface area is 230 Å². The molecule has 1 spiro atoms. The normalized spacial score (nSPS) is 32.5. The number of likely N-dealkylation sites (tertiary alicyclic amines) is 1. The Balaban J connectivity index is 1.62. The van der Waals surface area contributed by atoms with Crippen LogP contribution < -0.4 is 9.80 Å². The molecular formula is C30H39N3O6. The minimum Gasteiger partial charge on any atom is -0.461 e. The molecule has 1 N–H and O–H groups in total. The van der Waals surface area contributed by atoms with Gasteiger partial charge in [-0.3, -0.25) is 14.4 Å². The summed E-state index contributed by atoms with van der Waals surface area (Å²) in [4.78, 5) is 47.4. The molecule has 0 aliphatic carbocycles. The Morgan fingerprint density at radius 3 is 2.33 bits per heavy atom. The summed E-state index contributed by atoms with van der Waals surface area (Å²) in [6.45, 7) is 11.6. The van der Waals surface area contributed by atoms with Crippen molar-refractivity contribution in [3.05, 3.63) is 48.6 Å². The van der Waals surface area contributed by atoms with Gasteiger partial charge in [-0.25, -0.2) is 0 Å². The van der Waals surface area contributed by atoms with Crippen molar-refractivity contribution in [2.45, 2.75) is 57.9 Å². The average molecular weight is 538 g/mol. The largest absolute Gasteiger partial charge is 0.461 e. The number of amides is 2. The van der Waals surface area contributed by atoms with Gasteiger partial charge in [0.1, 0.15) is 24.2 Å². The molecule has 39 heavy (non-hydrogen) atoms. The highest BCUT2D eigenvalue weighted by Gasteiger charge is 2.75. The van der Waals surface area contributed by atoms with Gasteiger partial charge in [0, 0.05) is 31.0 Å². The quantitative estimate of drug-likeness (QED) is 0.422. The van der Waals surface area contributed by atoms with Gasteiger partial charge in [-0.2, -0.15) is 0 Å². The summed E-state index contributed by atoms with van der Waals surface area (Å²) in [6, 6.07) is 6.15. The third kappa shape index (κ3) is 4.09. The summed E-state index contributed by atoms with van der Waals surface area (Å²) < 4.78 is 12.2. The minimum absolute atomic E-state index is 0.104. The predicted octanol–water partition coefficient (Wildman–Crippen LogP) is 2.54. The molecule has 1 aromatic rings. The van der Waals surface area contributed by atoms with Crippen LogP contribution in [0.5, 0.6) is 0 Å². The van der Waals surface area contributed by atoms with Gasteiger partial charge < -0.3 is 29.3 Å². The molecule has 4 aliphatic heterocycles. The Kier molecular flexibility index (Phi) is 7.09. The molecule has 2 saturated heterocycles. The van der Waals surface area contributed by atoms with Gasteiger partial charge in [0.2, 0.25) is 5.91 Å². The number of fused-ring (bicyclic) bond motifs is 2. The van der Waals surface area contributed by atoms with Crippen LogP contribution in [0.3, 0.4) is 0 Å². The van der Waals surface area contributed by atoms with Gasteiger partial charge in [0.25, 0.3) is 5.91 Å². The van der Waals surface area contributed by atoms with Gasteiger partial charge in [0.15, 0.2) is 0 Å². The van der Waals surface area contributed by atoms with E-state index in [0.717, 1.165) is 18.8 Å². The summed E-state index contributed by atoms with van der Waals surface area (Å²) in [7, 11) is 0. The van der Waals surface area contributed by atoms with Gasteiger partial charge in [0.05, 0.1) is 24.2 Å². The Morgan fingerprint density at radius 2 is 1.72 bits per heavy atom. The smallest absolute Gasteiger partial charge is 0.313 e. The van der Waals surface area contributed by atoms with Crippen LogP contribution in [0.1, 0.15) is 34.6 Å². The molecule has 1 aromatic carbocycles. The van der Waals surface area contributed by atoms with E-state index in [1.165, 1.54) is 4.90 Å². The summed E-state index contributed by atoms with van der Waals surface area (Å²) >= 11 is 0. The van der Waals surface area contributed by atoms with Crippen LogP contribution in [0.4, 0.5) is 11.4 Å². The van der Waals surface area contributed by atoms with Crippen LogP contribution in [-0.2, 0) is 23.9 Å². The summed E-state index contributed by atoms with van der Waals surface area (Å²) in [5, 5.41) is 10.4. The number of aliphatic hydroxyl groups is 1. The van der Waals surface area contributed by atoms with Gasteiger partial charge in [-0.05, 0) is 57.0 Å². The Bertz CT molecular complexity index is 1190. The highest BCUT2D eigenvalue weighted by Crippen LogP contribution is 2.58. The number of ether oxygens (including phenoxy) is 2. The molecule has 9 heteroatoms. The lowest BCUT2D eigenvalue weighted by Gasteiger charge is -2.41. The SMILES string of the molecule is CCN(CC)c1ccc(N2CC=C[C@]34O[C@@]5(C)C=CCOC(=O)[C@H]5[C@H]3C(=O)N([C@@H](CO)C(C)C)C4C2=O)cc1. The summed E-state index contributed by atoms with van der Waals surface area (Å²) in [5.41, 5.74) is -0.729. The van der Waals surface area contributed by atoms with Gasteiger partial charge in [-0.1, -0.05) is 32.1 Å². The van der Waals surface area contributed by atoms with Crippen molar-refractivity contribution in [1.82, 2.24) is 4.90 Å². The first-order valence-corrected chi connectivity index (χ1v) is 13.9. The monoisotopic (exact) mass is 537 g/mol. The number of carbonyl (C=O) groups excluding carboxylic acids is 3. The van der Waals surface area contributed by atoms with Crippen LogP contribution in [0.15, 0.2) is 48.6 Å². The maximum absolute atomic E-state index is 14.5. The van der Waals surface area contributed by atoms with E-state index < -0.39 is 41.1 Å². The lowest BCUT2D eigenvalue weighted by Crippen LogP contribution is -2.59. The zero-order valence-corrected chi connectivity index (χ0v) is 23.4. The highest BCUT2D eigenvalue weighted by molar-refractivity contribution is 6.06. The predicted molar refractivity (Wildman–Crippen MR) is 147 cm³/mol. The molecule has 1 unspecified atom stereocenters. The van der Waals surface area contributed by atoms with Gasteiger partial charge in [-0.15, -0.1) is 0 Å². The van der Waals surface area contributed by atoms with E-state index in [-0.39, 0.29) is 37.5 Å². The van der Waals surface area contributed by atoms with Crippen molar-refractivity contribution in [1.29, 1.82) is 0 Å². The standard InChI is InChI=1S/C30H39N3O6/c1-6-31(7-2)20-10-12-21(13-11-20)32-16-8-15-30-23(24-28(37)38-17-9-14-29(24,5)39-30)26(35)33(25(30)27(32)36)22(18-34)19(3)4/h8-15,19,22-25,34H,6-7,16-18H2,1-5H3/t22-,23-,24+,25?,29-,30-/m0/s1. The third-order valence-corrected chi connectivity index (χ3v) is 8.85. The molecule has 0 saturated carbocycles. The Morgan fingerprint density at radius 1 is 1.03 bits per heavy atom. The van der Waals surface area contributed by atoms with Crippen molar-refractivity contribution in [3.8, 4) is 0 Å². The van der Waals surface area contributed by atoms with E-state index in [1.807, 2.05) is 44.2 Å². The van der Waals surface area contributed by atoms with Crippen LogP contribution in [0.2, 0.25) is 0 Å². The molecule has 4 heterocycles. The van der Waals surface area contributed by atoms with Crippen molar-refractivity contribution >= 4 is 29.2 Å². The van der Waals surface area contributed by atoms with E-state index in [9.17, 15) is 19.5 Å². The van der Waals surface area contributed by atoms with Crippen molar-refractivity contribution in [2.75, 3.05) is 42.6 Å². The van der Waals surface area contributed by atoms with Crippen LogP contribution in [-0.4, -0.2) is 83.9 Å². The lowest BCUT2D eigenvalue weighted by atomic mass is 9.75. The van der Waals surface area contributed by atoms with E-state index in [4.69, 9.17) is 9.47 Å². The lowest BCUT2D eigenvalue weighted by molar-refractivity contribution is -0.158. The van der Waals surface area contributed by atoms with Crippen molar-refractivity contribution in [2.24, 2.45) is 17.8 Å². The number of benzene rings is 1. The molecule has 0 radical (unpaired) electrons. The van der Waals surface area contributed by atoms with E-state index in [1.54, 1.807) is 30.1 Å². The second-order valence-electron chi connectivity index (χ2n) is 11.3. The number of esters is 1. The van der Waals surface area contributed by atoms with Crippen LogP contribution >= 0.6 is 0 Å². The molecule has 6 atom stereocenters. The molecule has 5 rings (SSSR count). The number of cyclic esters (lactones) is 1. The number of aliphatic hydroxyl groups excluding tert-OH is 1. The molecule has 2 fully saturated rings. The second-order valence-corrected chi connectivity index (χ2v) is 11.3. The first-order chi connectivity index (χ1) is 18.6. The number of anilines is 2. The third-order valence-electron chi connectivity index (χ3n) is 8.85. The van der Waals surface area contributed by atoms with Gasteiger partial charge >= 0.3 is 5.97 Å². The fourth-order valence-corrected chi connectivity index (χ4v) is 6.94. The zero-order chi connectivity index (χ0) is 28.1. The molecule has 0 bridgehead atoms. The summed E-state index contributed by atoms with van der Waals surface area (Å²) in [6.07, 6.45) is 7.16. The first-order valence-electron chi connectivity index (χ1n) is 13.9. The minimum atomic E-state index is -1.38. The Hall–Kier alpha value is -3.17. The van der Waals surface area contributed by atoms with Crippen molar-refractivity contribution < 1.29 is 29.0 Å². The topological polar surface area (TPSA) is 99.6 Å². The van der Waals surface area contributed by atoms with E-state index in [2.05, 4.69) is 18.7 Å². The first kappa shape index (κ1) is 27.4. The van der Waals surface area contributed by atoms with E-state index in [0.29, 0.717) is 5.69 Å². The second kappa shape index (κ2) is 10.1. The molecule has 4 aliphatic rings. The van der Waals surface area contributed by atoms with Crippen LogP contribution in [0, 0.1) is 17.8 Å². The average Bonchev–Trinajstić information content (AvgIpc) is 3.16. The number of hydrogen-bond donors (Lipinski definition) is 1. The number of hydrogen-bond acceptors (Lipinski definition) is 7. The fourth-order valence-electron chi connectivity index (χ4n) is 6.94. The fraction of sp³-hybridized carbons (Fsp3) is 0.567. The number of nitrogens with zero attached hydrogens (tertiary/aromatic N) is 3. The molecule has 0 aromatic heterocycles. The number of rotatable bonds is 7. The molecular weight excluding hydrogens is 498 g/mol. The van der Waals surface area contributed by atoms with Crippen LogP contribution in [0.25, 0.3) is 0 Å². The maximum Gasteiger partial charge on any atom is 0.313 e. The zero-order valence-electron chi connectivity index (χ0n) is 23.4. The molecule has 2 amide bonds.